The highest BCUT2D eigenvalue weighted by Gasteiger charge is 2.24. The molecule has 3 heterocycles. The molecule has 1 saturated heterocycles. The van der Waals surface area contributed by atoms with E-state index in [0.29, 0.717) is 30.2 Å². The Morgan fingerprint density at radius 3 is 2.61 bits per heavy atom. The lowest BCUT2D eigenvalue weighted by atomic mass is 10.2. The van der Waals surface area contributed by atoms with E-state index >= 15 is 0 Å². The molecule has 1 fully saturated rings. The normalized spacial score (nSPS) is 16.4. The molecule has 28 heavy (non-hydrogen) atoms. The number of nitrogens with zero attached hydrogens (tertiary/aromatic N) is 3. The number of carbonyl (C=O) groups excluding carboxylic acids is 1. The maximum atomic E-state index is 12.9. The van der Waals surface area contributed by atoms with Crippen LogP contribution in [0.1, 0.15) is 22.8 Å². The molecule has 1 aromatic carbocycles. The monoisotopic (exact) mass is 386 g/mol. The average molecular weight is 386 g/mol. The van der Waals surface area contributed by atoms with Crippen molar-refractivity contribution in [3.05, 3.63) is 56.4 Å². The van der Waals surface area contributed by atoms with E-state index in [1.54, 1.807) is 23.1 Å². The number of fused-ring (bicyclic) bond motifs is 1. The number of benzene rings is 1. The Morgan fingerprint density at radius 2 is 1.86 bits per heavy atom. The molecule has 148 valence electrons. The number of carbonyl (C=O) groups is 1. The molecular formula is C19H22N4O5. The summed E-state index contributed by atoms with van der Waals surface area (Å²) >= 11 is 0. The molecule has 0 spiro atoms. The number of nitrogens with one attached hydrogen (secondary N) is 1. The third-order valence-corrected chi connectivity index (χ3v) is 5.18. The molecule has 2 aliphatic heterocycles. The minimum Gasteiger partial charge on any atom is -0.454 e. The van der Waals surface area contributed by atoms with E-state index in [0.717, 1.165) is 24.2 Å². The summed E-state index contributed by atoms with van der Waals surface area (Å²) < 4.78 is 11.6. The molecule has 0 unspecified atom stereocenters. The molecule has 2 aromatic rings. The first-order valence-electron chi connectivity index (χ1n) is 9.29. The summed E-state index contributed by atoms with van der Waals surface area (Å²) in [5.41, 5.74) is -0.470. The Labute approximate surface area is 161 Å². The van der Waals surface area contributed by atoms with Crippen LogP contribution in [-0.4, -0.2) is 64.8 Å². The van der Waals surface area contributed by atoms with Gasteiger partial charge in [0.2, 0.25) is 6.79 Å². The number of piperazine rings is 1. The van der Waals surface area contributed by atoms with E-state index in [4.69, 9.17) is 9.47 Å². The van der Waals surface area contributed by atoms with Gasteiger partial charge in [-0.3, -0.25) is 14.2 Å². The summed E-state index contributed by atoms with van der Waals surface area (Å²) in [5, 5.41) is 0. The average Bonchev–Trinajstić information content (AvgIpc) is 3.18. The first kappa shape index (κ1) is 18.3. The number of hydrogen-bond donors (Lipinski definition) is 1. The van der Waals surface area contributed by atoms with Gasteiger partial charge in [-0.1, -0.05) is 13.0 Å². The van der Waals surface area contributed by atoms with Gasteiger partial charge in [0.25, 0.3) is 11.5 Å². The molecule has 2 aliphatic rings. The number of amides is 1. The standard InChI is InChI=1S/C19H22N4O5/c1-2-21-5-7-22(8-6-21)17(24)14-10-20-19(26)23(18(14)25)11-13-3-4-15-16(9-13)28-12-27-15/h3-4,9-10H,2,5-8,11-12H2,1H3,(H,20,26). The fourth-order valence-corrected chi connectivity index (χ4v) is 3.47. The molecule has 0 bridgehead atoms. The SMILES string of the molecule is CCN1CCN(C(=O)c2c[nH]c(=O)n(Cc3ccc4c(c3)OCO4)c2=O)CC1. The summed E-state index contributed by atoms with van der Waals surface area (Å²) in [5.74, 6) is 0.847. The van der Waals surface area contributed by atoms with Crippen LogP contribution in [0.15, 0.2) is 34.0 Å². The highest BCUT2D eigenvalue weighted by Crippen LogP contribution is 2.32. The zero-order chi connectivity index (χ0) is 19.7. The summed E-state index contributed by atoms with van der Waals surface area (Å²) in [6.07, 6.45) is 1.22. The van der Waals surface area contributed by atoms with E-state index in [1.165, 1.54) is 6.20 Å². The smallest absolute Gasteiger partial charge is 0.328 e. The molecule has 9 heteroatoms. The Morgan fingerprint density at radius 1 is 1.11 bits per heavy atom. The highest BCUT2D eigenvalue weighted by molar-refractivity contribution is 5.93. The van der Waals surface area contributed by atoms with Crippen molar-refractivity contribution in [2.75, 3.05) is 39.5 Å². The summed E-state index contributed by atoms with van der Waals surface area (Å²) in [6, 6.07) is 5.23. The van der Waals surface area contributed by atoms with Crippen LogP contribution in [-0.2, 0) is 6.54 Å². The van der Waals surface area contributed by atoms with Crippen molar-refractivity contribution < 1.29 is 14.3 Å². The second-order valence-corrected chi connectivity index (χ2v) is 6.81. The van der Waals surface area contributed by atoms with Gasteiger partial charge in [0.1, 0.15) is 5.56 Å². The summed E-state index contributed by atoms with van der Waals surface area (Å²) in [4.78, 5) is 44.3. The van der Waals surface area contributed by atoms with Crippen LogP contribution in [0.4, 0.5) is 0 Å². The Bertz CT molecular complexity index is 1000. The molecule has 1 aromatic heterocycles. The predicted molar refractivity (Wildman–Crippen MR) is 101 cm³/mol. The number of aromatic nitrogens is 2. The van der Waals surface area contributed by atoms with Crippen molar-refractivity contribution in [1.82, 2.24) is 19.4 Å². The number of ether oxygens (including phenoxy) is 2. The maximum absolute atomic E-state index is 12.9. The fraction of sp³-hybridized carbons (Fsp3) is 0.421. The van der Waals surface area contributed by atoms with Crippen LogP contribution >= 0.6 is 0 Å². The Balaban J connectivity index is 1.59. The highest BCUT2D eigenvalue weighted by atomic mass is 16.7. The predicted octanol–water partition coefficient (Wildman–Crippen LogP) is 0.0913. The van der Waals surface area contributed by atoms with Crippen molar-refractivity contribution in [1.29, 1.82) is 0 Å². The van der Waals surface area contributed by atoms with Gasteiger partial charge in [0, 0.05) is 32.4 Å². The molecule has 0 saturated carbocycles. The molecule has 0 atom stereocenters. The van der Waals surface area contributed by atoms with Crippen molar-refractivity contribution in [3.63, 3.8) is 0 Å². The zero-order valence-corrected chi connectivity index (χ0v) is 15.6. The van der Waals surface area contributed by atoms with Crippen LogP contribution in [0.5, 0.6) is 11.5 Å². The van der Waals surface area contributed by atoms with Gasteiger partial charge >= 0.3 is 5.69 Å². The van der Waals surface area contributed by atoms with Crippen LogP contribution < -0.4 is 20.7 Å². The number of hydrogen-bond acceptors (Lipinski definition) is 6. The van der Waals surface area contributed by atoms with Gasteiger partial charge < -0.3 is 24.3 Å². The van der Waals surface area contributed by atoms with Crippen molar-refractivity contribution in [2.45, 2.75) is 13.5 Å². The molecule has 0 radical (unpaired) electrons. The van der Waals surface area contributed by atoms with Crippen LogP contribution in [0, 0.1) is 0 Å². The van der Waals surface area contributed by atoms with Crippen molar-refractivity contribution >= 4 is 5.91 Å². The second kappa shape index (κ2) is 7.51. The van der Waals surface area contributed by atoms with E-state index in [9.17, 15) is 14.4 Å². The molecule has 9 nitrogen and oxygen atoms in total. The molecular weight excluding hydrogens is 364 g/mol. The molecule has 1 N–H and O–H groups in total. The lowest BCUT2D eigenvalue weighted by molar-refractivity contribution is 0.0640. The third kappa shape index (κ3) is 3.40. The summed E-state index contributed by atoms with van der Waals surface area (Å²) in [7, 11) is 0. The van der Waals surface area contributed by atoms with E-state index in [-0.39, 0.29) is 24.8 Å². The van der Waals surface area contributed by atoms with Crippen molar-refractivity contribution in [2.24, 2.45) is 0 Å². The molecule has 4 rings (SSSR count). The topological polar surface area (TPSA) is 96.9 Å². The summed E-state index contributed by atoms with van der Waals surface area (Å²) in [6.45, 7) is 5.87. The van der Waals surface area contributed by atoms with Crippen LogP contribution in [0.2, 0.25) is 0 Å². The van der Waals surface area contributed by atoms with Gasteiger partial charge in [-0.25, -0.2) is 4.79 Å². The van der Waals surface area contributed by atoms with Gasteiger partial charge in [-0.05, 0) is 24.2 Å². The van der Waals surface area contributed by atoms with E-state index < -0.39 is 11.2 Å². The first-order chi connectivity index (χ1) is 13.6. The molecule has 1 amide bonds. The molecule has 0 aliphatic carbocycles. The second-order valence-electron chi connectivity index (χ2n) is 6.81. The largest absolute Gasteiger partial charge is 0.454 e. The van der Waals surface area contributed by atoms with Gasteiger partial charge in [0.15, 0.2) is 11.5 Å². The van der Waals surface area contributed by atoms with Gasteiger partial charge in [0.05, 0.1) is 6.54 Å². The minimum atomic E-state index is -0.593. The Hall–Kier alpha value is -3.07. The maximum Gasteiger partial charge on any atom is 0.328 e. The van der Waals surface area contributed by atoms with Crippen LogP contribution in [0.25, 0.3) is 0 Å². The minimum absolute atomic E-state index is 0.0229. The van der Waals surface area contributed by atoms with E-state index in [2.05, 4.69) is 16.8 Å². The lowest BCUT2D eigenvalue weighted by Crippen LogP contribution is -2.50. The number of aromatic amines is 1. The van der Waals surface area contributed by atoms with Gasteiger partial charge in [-0.15, -0.1) is 0 Å². The van der Waals surface area contributed by atoms with Crippen LogP contribution in [0.3, 0.4) is 0 Å². The number of H-pyrrole nitrogens is 1. The number of rotatable bonds is 4. The first-order valence-corrected chi connectivity index (χ1v) is 9.29. The fourth-order valence-electron chi connectivity index (χ4n) is 3.47. The number of likely N-dealkylation sites (N-methyl/N-ethyl adjacent to an activating group) is 1. The lowest BCUT2D eigenvalue weighted by Gasteiger charge is -2.33. The zero-order valence-electron chi connectivity index (χ0n) is 15.6. The van der Waals surface area contributed by atoms with Gasteiger partial charge in [-0.2, -0.15) is 0 Å². The quantitative estimate of drug-likeness (QED) is 0.800. The third-order valence-electron chi connectivity index (χ3n) is 5.18. The Kier molecular flexibility index (Phi) is 4.91. The van der Waals surface area contributed by atoms with E-state index in [1.807, 2.05) is 0 Å². The van der Waals surface area contributed by atoms with Crippen molar-refractivity contribution in [3.8, 4) is 11.5 Å².